The van der Waals surface area contributed by atoms with E-state index in [1.54, 1.807) is 6.08 Å². The fraction of sp³-hybridized carbons (Fsp3) is 0.517. The Labute approximate surface area is 203 Å². The van der Waals surface area contributed by atoms with Gasteiger partial charge in [0.25, 0.3) is 0 Å². The molecule has 2 aliphatic heterocycles. The van der Waals surface area contributed by atoms with E-state index in [-0.39, 0.29) is 30.5 Å². The van der Waals surface area contributed by atoms with Crippen LogP contribution in [0.5, 0.6) is 0 Å². The summed E-state index contributed by atoms with van der Waals surface area (Å²) >= 11 is 0. The van der Waals surface area contributed by atoms with Gasteiger partial charge >= 0.3 is 0 Å². The predicted molar refractivity (Wildman–Crippen MR) is 132 cm³/mol. The Bertz CT molecular complexity index is 873. The largest absolute Gasteiger partial charge is 0.387 e. The molecule has 0 aromatic heterocycles. The van der Waals surface area contributed by atoms with Crippen molar-refractivity contribution in [2.45, 2.75) is 88.4 Å². The Morgan fingerprint density at radius 1 is 1.03 bits per heavy atom. The molecule has 34 heavy (non-hydrogen) atoms. The lowest BCUT2D eigenvalue weighted by atomic mass is 9.80. The summed E-state index contributed by atoms with van der Waals surface area (Å²) < 4.78 is 25.1. The highest BCUT2D eigenvalue weighted by Crippen LogP contribution is 2.40. The lowest BCUT2D eigenvalue weighted by molar-refractivity contribution is -0.281. The zero-order valence-corrected chi connectivity index (χ0v) is 20.2. The predicted octanol–water partition coefficient (Wildman–Crippen LogP) is 5.21. The maximum absolute atomic E-state index is 11.2. The number of hydrogen-bond acceptors (Lipinski definition) is 5. The van der Waals surface area contributed by atoms with Crippen LogP contribution in [0.2, 0.25) is 0 Å². The second kappa shape index (κ2) is 12.1. The van der Waals surface area contributed by atoms with Gasteiger partial charge in [0.1, 0.15) is 6.10 Å². The standard InChI is InChI=1S/C29H38O5/c1-3-16-29(30)19-27-28(33-22(29)2)26(32-21-24-13-8-5-9-14-24)18-25(34-27)15-10-17-31-20-23-11-6-4-7-12-23/h3-9,11-14,22,25-28,30H,1,10,15-21H2,2H3/t22-,25+,26-,27+,28-,29-/m0/s1. The third kappa shape index (κ3) is 6.55. The van der Waals surface area contributed by atoms with Crippen molar-refractivity contribution < 1.29 is 24.1 Å². The van der Waals surface area contributed by atoms with E-state index in [0.29, 0.717) is 32.7 Å². The Hall–Kier alpha value is -2.02. The minimum absolute atomic E-state index is 0.0485. The normalized spacial score (nSPS) is 31.1. The molecule has 2 heterocycles. The molecule has 5 heteroatoms. The van der Waals surface area contributed by atoms with Crippen LogP contribution in [0.1, 0.15) is 50.2 Å². The van der Waals surface area contributed by atoms with Gasteiger partial charge in [0, 0.05) is 19.4 Å². The first-order chi connectivity index (χ1) is 16.6. The van der Waals surface area contributed by atoms with Crippen molar-refractivity contribution in [1.82, 2.24) is 0 Å². The number of aliphatic hydroxyl groups is 1. The van der Waals surface area contributed by atoms with Crippen LogP contribution in [0.15, 0.2) is 73.3 Å². The van der Waals surface area contributed by atoms with Crippen LogP contribution >= 0.6 is 0 Å². The maximum atomic E-state index is 11.2. The molecule has 0 radical (unpaired) electrons. The lowest BCUT2D eigenvalue weighted by Crippen LogP contribution is -2.62. The van der Waals surface area contributed by atoms with Crippen LogP contribution < -0.4 is 0 Å². The quantitative estimate of drug-likeness (QED) is 0.364. The summed E-state index contributed by atoms with van der Waals surface area (Å²) in [5.74, 6) is 0. The molecule has 6 atom stereocenters. The van der Waals surface area contributed by atoms with E-state index >= 15 is 0 Å². The average molecular weight is 467 g/mol. The summed E-state index contributed by atoms with van der Waals surface area (Å²) in [6, 6.07) is 20.4. The van der Waals surface area contributed by atoms with Gasteiger partial charge in [-0.05, 0) is 37.3 Å². The first-order valence-corrected chi connectivity index (χ1v) is 12.5. The van der Waals surface area contributed by atoms with E-state index in [1.807, 2.05) is 43.3 Å². The van der Waals surface area contributed by atoms with Crippen molar-refractivity contribution >= 4 is 0 Å². The molecular weight excluding hydrogens is 428 g/mol. The van der Waals surface area contributed by atoms with E-state index in [9.17, 15) is 5.11 Å². The molecule has 1 N–H and O–H groups in total. The highest BCUT2D eigenvalue weighted by molar-refractivity contribution is 5.14. The first kappa shape index (κ1) is 25.1. The van der Waals surface area contributed by atoms with E-state index in [4.69, 9.17) is 18.9 Å². The zero-order chi connectivity index (χ0) is 23.8. The topological polar surface area (TPSA) is 57.2 Å². The van der Waals surface area contributed by atoms with Gasteiger partial charge in [0.2, 0.25) is 0 Å². The minimum Gasteiger partial charge on any atom is -0.387 e. The lowest BCUT2D eigenvalue weighted by Gasteiger charge is -2.51. The van der Waals surface area contributed by atoms with Gasteiger partial charge in [-0.3, -0.25) is 0 Å². The van der Waals surface area contributed by atoms with Crippen molar-refractivity contribution in [1.29, 1.82) is 0 Å². The fourth-order valence-electron chi connectivity index (χ4n) is 5.03. The molecule has 2 saturated heterocycles. The van der Waals surface area contributed by atoms with Crippen LogP contribution in [-0.4, -0.2) is 47.8 Å². The van der Waals surface area contributed by atoms with Crippen LogP contribution in [-0.2, 0) is 32.2 Å². The van der Waals surface area contributed by atoms with Crippen LogP contribution in [0.3, 0.4) is 0 Å². The fourth-order valence-corrected chi connectivity index (χ4v) is 5.03. The molecule has 2 aliphatic rings. The second-order valence-corrected chi connectivity index (χ2v) is 9.59. The Morgan fingerprint density at radius 2 is 1.71 bits per heavy atom. The smallest absolute Gasteiger partial charge is 0.110 e. The van der Waals surface area contributed by atoms with Crippen molar-refractivity contribution in [2.75, 3.05) is 6.61 Å². The van der Waals surface area contributed by atoms with Gasteiger partial charge in [0.05, 0.1) is 43.2 Å². The average Bonchev–Trinajstić information content (AvgIpc) is 2.85. The van der Waals surface area contributed by atoms with Gasteiger partial charge in [-0.15, -0.1) is 6.58 Å². The zero-order valence-electron chi connectivity index (χ0n) is 20.2. The summed E-state index contributed by atoms with van der Waals surface area (Å²) in [7, 11) is 0. The van der Waals surface area contributed by atoms with E-state index in [0.717, 1.165) is 24.8 Å². The molecule has 4 rings (SSSR count). The van der Waals surface area contributed by atoms with Gasteiger partial charge in [-0.1, -0.05) is 66.7 Å². The third-order valence-corrected chi connectivity index (χ3v) is 7.00. The van der Waals surface area contributed by atoms with Gasteiger partial charge < -0.3 is 24.1 Å². The molecule has 2 aromatic carbocycles. The Balaban J connectivity index is 1.34. The molecule has 0 saturated carbocycles. The van der Waals surface area contributed by atoms with Gasteiger partial charge in [-0.2, -0.15) is 0 Å². The van der Waals surface area contributed by atoms with E-state index in [1.165, 1.54) is 5.56 Å². The van der Waals surface area contributed by atoms with Crippen LogP contribution in [0, 0.1) is 0 Å². The summed E-state index contributed by atoms with van der Waals surface area (Å²) in [5, 5.41) is 11.2. The Kier molecular flexibility index (Phi) is 8.92. The first-order valence-electron chi connectivity index (χ1n) is 12.5. The van der Waals surface area contributed by atoms with E-state index < -0.39 is 5.60 Å². The summed E-state index contributed by atoms with van der Waals surface area (Å²) in [5.41, 5.74) is 1.36. The molecule has 2 aromatic rings. The number of ether oxygens (including phenoxy) is 4. The number of hydrogen-bond donors (Lipinski definition) is 1. The second-order valence-electron chi connectivity index (χ2n) is 9.59. The van der Waals surface area contributed by atoms with Gasteiger partial charge in [0.15, 0.2) is 0 Å². The molecular formula is C29H38O5. The van der Waals surface area contributed by atoms with Crippen molar-refractivity contribution in [3.63, 3.8) is 0 Å². The van der Waals surface area contributed by atoms with Crippen molar-refractivity contribution in [3.8, 4) is 0 Å². The SMILES string of the molecule is C=CC[C@]1(O)C[C@H]2O[C@H](CCCOCc3ccccc3)C[C@H](OCc3ccccc3)[C@@H]2O[C@H]1C. The Morgan fingerprint density at radius 3 is 2.38 bits per heavy atom. The highest BCUT2D eigenvalue weighted by atomic mass is 16.6. The van der Waals surface area contributed by atoms with E-state index in [2.05, 4.69) is 30.8 Å². The minimum atomic E-state index is -0.965. The summed E-state index contributed by atoms with van der Waals surface area (Å²) in [4.78, 5) is 0. The molecule has 0 aliphatic carbocycles. The molecule has 184 valence electrons. The monoisotopic (exact) mass is 466 g/mol. The summed E-state index contributed by atoms with van der Waals surface area (Å²) in [6.45, 7) is 7.60. The summed E-state index contributed by atoms with van der Waals surface area (Å²) in [6.07, 6.45) is 4.62. The van der Waals surface area contributed by atoms with Crippen LogP contribution in [0.25, 0.3) is 0 Å². The van der Waals surface area contributed by atoms with Crippen molar-refractivity contribution in [2.24, 2.45) is 0 Å². The maximum Gasteiger partial charge on any atom is 0.110 e. The third-order valence-electron chi connectivity index (χ3n) is 7.00. The number of fused-ring (bicyclic) bond motifs is 1. The molecule has 5 nitrogen and oxygen atoms in total. The molecule has 0 spiro atoms. The number of rotatable bonds is 11. The van der Waals surface area contributed by atoms with Gasteiger partial charge in [-0.25, -0.2) is 0 Å². The molecule has 0 amide bonds. The molecule has 2 fully saturated rings. The molecule has 0 unspecified atom stereocenters. The van der Waals surface area contributed by atoms with Crippen molar-refractivity contribution in [3.05, 3.63) is 84.4 Å². The highest BCUT2D eigenvalue weighted by Gasteiger charge is 2.51. The molecule has 0 bridgehead atoms. The number of benzene rings is 2. The van der Waals surface area contributed by atoms with Crippen LogP contribution in [0.4, 0.5) is 0 Å².